The van der Waals surface area contributed by atoms with Crippen LogP contribution in [0.2, 0.25) is 0 Å². The molecular formula is C16H16N4. The topological polar surface area (TPSA) is 63.8 Å². The summed E-state index contributed by atoms with van der Waals surface area (Å²) < 4.78 is 0. The zero-order chi connectivity index (χ0) is 13.8. The molecule has 2 heterocycles. The Morgan fingerprint density at radius 3 is 2.60 bits per heavy atom. The van der Waals surface area contributed by atoms with E-state index in [-0.39, 0.29) is 6.04 Å². The Morgan fingerprint density at radius 2 is 1.80 bits per heavy atom. The highest BCUT2D eigenvalue weighted by molar-refractivity contribution is 5.85. The Hall–Kier alpha value is -2.30. The van der Waals surface area contributed by atoms with Gasteiger partial charge in [-0.05, 0) is 35.1 Å². The number of benzene rings is 1. The van der Waals surface area contributed by atoms with Gasteiger partial charge in [0.25, 0.3) is 0 Å². The molecule has 0 bridgehead atoms. The molecule has 3 aromatic rings. The van der Waals surface area contributed by atoms with E-state index >= 15 is 0 Å². The molecule has 0 aliphatic heterocycles. The maximum atomic E-state index is 5.75. The van der Waals surface area contributed by atoms with Gasteiger partial charge in [-0.25, -0.2) is 0 Å². The normalized spacial score (nSPS) is 12.4. The Labute approximate surface area is 117 Å². The second-order valence-electron chi connectivity index (χ2n) is 4.73. The van der Waals surface area contributed by atoms with Gasteiger partial charge in [-0.2, -0.15) is 0 Å². The molecule has 1 atom stereocenters. The Kier molecular flexibility index (Phi) is 3.67. The minimum absolute atomic E-state index is 0.0241. The Bertz CT molecular complexity index is 692. The highest BCUT2D eigenvalue weighted by Crippen LogP contribution is 2.25. The van der Waals surface area contributed by atoms with Crippen LogP contribution in [0, 0.1) is 0 Å². The summed E-state index contributed by atoms with van der Waals surface area (Å²) in [6.45, 7) is 0. The molecule has 100 valence electrons. The van der Waals surface area contributed by atoms with E-state index in [1.165, 1.54) is 10.9 Å². The van der Waals surface area contributed by atoms with Crippen LogP contribution in [0.25, 0.3) is 10.8 Å². The average Bonchev–Trinajstić information content (AvgIpc) is 2.53. The molecule has 1 aromatic carbocycles. The molecule has 0 amide bonds. The number of hydrogen-bond acceptors (Lipinski definition) is 4. The van der Waals surface area contributed by atoms with Crippen molar-refractivity contribution in [3.05, 3.63) is 72.3 Å². The quantitative estimate of drug-likeness (QED) is 0.561. The number of hydrazine groups is 1. The summed E-state index contributed by atoms with van der Waals surface area (Å²) in [6.07, 6.45) is 8.15. The zero-order valence-electron chi connectivity index (χ0n) is 11.0. The molecule has 3 N–H and O–H groups in total. The van der Waals surface area contributed by atoms with Crippen LogP contribution in [0.1, 0.15) is 17.2 Å². The van der Waals surface area contributed by atoms with Crippen LogP contribution in [0.3, 0.4) is 0 Å². The molecule has 0 saturated heterocycles. The fourth-order valence-corrected chi connectivity index (χ4v) is 2.43. The van der Waals surface area contributed by atoms with Crippen molar-refractivity contribution in [3.63, 3.8) is 0 Å². The number of fused-ring (bicyclic) bond motifs is 1. The fraction of sp³-hybridized carbons (Fsp3) is 0.125. The van der Waals surface area contributed by atoms with E-state index in [2.05, 4.69) is 27.5 Å². The summed E-state index contributed by atoms with van der Waals surface area (Å²) in [5.41, 5.74) is 5.20. The second-order valence-corrected chi connectivity index (χ2v) is 4.73. The third kappa shape index (κ3) is 2.52. The zero-order valence-corrected chi connectivity index (χ0v) is 11.0. The van der Waals surface area contributed by atoms with Crippen molar-refractivity contribution < 1.29 is 0 Å². The largest absolute Gasteiger partial charge is 0.271 e. The number of hydrogen-bond donors (Lipinski definition) is 2. The van der Waals surface area contributed by atoms with Crippen molar-refractivity contribution in [1.82, 2.24) is 15.4 Å². The minimum atomic E-state index is 0.0241. The van der Waals surface area contributed by atoms with E-state index in [1.54, 1.807) is 12.4 Å². The van der Waals surface area contributed by atoms with Crippen LogP contribution in [0.15, 0.2) is 61.2 Å². The number of nitrogens with zero attached hydrogens (tertiary/aromatic N) is 2. The molecule has 0 saturated carbocycles. The molecule has 2 aromatic heterocycles. The number of nitrogens with two attached hydrogens (primary N) is 1. The highest BCUT2D eigenvalue weighted by atomic mass is 15.2. The van der Waals surface area contributed by atoms with E-state index in [1.807, 2.05) is 36.7 Å². The lowest BCUT2D eigenvalue weighted by Gasteiger charge is -2.18. The molecule has 3 rings (SSSR count). The highest BCUT2D eigenvalue weighted by Gasteiger charge is 2.13. The van der Waals surface area contributed by atoms with Crippen molar-refractivity contribution in [2.75, 3.05) is 0 Å². The average molecular weight is 264 g/mol. The predicted molar refractivity (Wildman–Crippen MR) is 79.7 cm³/mol. The third-order valence-corrected chi connectivity index (χ3v) is 3.46. The summed E-state index contributed by atoms with van der Waals surface area (Å²) in [6, 6.07) is 12.2. The molecule has 1 unspecified atom stereocenters. The number of pyridine rings is 2. The van der Waals surface area contributed by atoms with E-state index < -0.39 is 0 Å². The van der Waals surface area contributed by atoms with Crippen LogP contribution in [-0.2, 0) is 6.42 Å². The summed E-state index contributed by atoms with van der Waals surface area (Å²) >= 11 is 0. The van der Waals surface area contributed by atoms with Crippen molar-refractivity contribution in [2.45, 2.75) is 12.5 Å². The first-order valence-corrected chi connectivity index (χ1v) is 6.56. The van der Waals surface area contributed by atoms with E-state index in [0.29, 0.717) is 0 Å². The standard InChI is InChI=1S/C16H16N4/c17-20-16(9-12-5-7-18-8-6-12)15-11-19-10-13-3-1-2-4-14(13)15/h1-8,10-11,16,20H,9,17H2. The molecule has 0 radical (unpaired) electrons. The molecule has 0 aliphatic rings. The van der Waals surface area contributed by atoms with Gasteiger partial charge in [0, 0.05) is 30.2 Å². The summed E-state index contributed by atoms with van der Waals surface area (Å²) in [4.78, 5) is 8.35. The first kappa shape index (κ1) is 12.7. The van der Waals surface area contributed by atoms with Crippen molar-refractivity contribution >= 4 is 10.8 Å². The summed E-state index contributed by atoms with van der Waals surface area (Å²) in [7, 11) is 0. The lowest BCUT2D eigenvalue weighted by atomic mass is 9.97. The molecule has 20 heavy (non-hydrogen) atoms. The second kappa shape index (κ2) is 5.77. The summed E-state index contributed by atoms with van der Waals surface area (Å²) in [5.74, 6) is 5.75. The van der Waals surface area contributed by atoms with Gasteiger partial charge in [-0.15, -0.1) is 0 Å². The fourth-order valence-electron chi connectivity index (χ4n) is 2.43. The molecule has 0 spiro atoms. The van der Waals surface area contributed by atoms with Crippen LogP contribution >= 0.6 is 0 Å². The van der Waals surface area contributed by atoms with Gasteiger partial charge in [-0.3, -0.25) is 21.2 Å². The van der Waals surface area contributed by atoms with Crippen LogP contribution in [-0.4, -0.2) is 9.97 Å². The van der Waals surface area contributed by atoms with Gasteiger partial charge in [0.05, 0.1) is 6.04 Å². The maximum absolute atomic E-state index is 5.75. The lowest BCUT2D eigenvalue weighted by molar-refractivity contribution is 0.554. The number of rotatable bonds is 4. The monoisotopic (exact) mass is 264 g/mol. The first-order valence-electron chi connectivity index (χ1n) is 6.56. The molecule has 4 nitrogen and oxygen atoms in total. The Morgan fingerprint density at radius 1 is 1.00 bits per heavy atom. The first-order chi connectivity index (χ1) is 9.88. The van der Waals surface area contributed by atoms with E-state index in [9.17, 15) is 0 Å². The molecule has 0 aliphatic carbocycles. The van der Waals surface area contributed by atoms with Crippen LogP contribution in [0.5, 0.6) is 0 Å². The minimum Gasteiger partial charge on any atom is -0.271 e. The smallest absolute Gasteiger partial charge is 0.0521 e. The van der Waals surface area contributed by atoms with Crippen LogP contribution < -0.4 is 11.3 Å². The summed E-state index contributed by atoms with van der Waals surface area (Å²) in [5, 5.41) is 2.31. The SMILES string of the molecule is NNC(Cc1ccncc1)c1cncc2ccccc12. The number of nitrogens with one attached hydrogen (secondary N) is 1. The molecule has 0 fully saturated rings. The van der Waals surface area contributed by atoms with E-state index in [4.69, 9.17) is 5.84 Å². The lowest BCUT2D eigenvalue weighted by Crippen LogP contribution is -2.29. The van der Waals surface area contributed by atoms with E-state index in [0.717, 1.165) is 17.4 Å². The van der Waals surface area contributed by atoms with Gasteiger partial charge in [-0.1, -0.05) is 24.3 Å². The number of aromatic nitrogens is 2. The van der Waals surface area contributed by atoms with Gasteiger partial charge in [0.15, 0.2) is 0 Å². The van der Waals surface area contributed by atoms with Gasteiger partial charge in [0.1, 0.15) is 0 Å². The van der Waals surface area contributed by atoms with Crippen molar-refractivity contribution in [1.29, 1.82) is 0 Å². The Balaban J connectivity index is 1.99. The third-order valence-electron chi connectivity index (χ3n) is 3.46. The molecule has 4 heteroatoms. The molecular weight excluding hydrogens is 248 g/mol. The van der Waals surface area contributed by atoms with Gasteiger partial charge in [0.2, 0.25) is 0 Å². The van der Waals surface area contributed by atoms with Crippen molar-refractivity contribution in [3.8, 4) is 0 Å². The van der Waals surface area contributed by atoms with Gasteiger partial charge < -0.3 is 0 Å². The van der Waals surface area contributed by atoms with Crippen molar-refractivity contribution in [2.24, 2.45) is 5.84 Å². The maximum Gasteiger partial charge on any atom is 0.0521 e. The van der Waals surface area contributed by atoms with Crippen LogP contribution in [0.4, 0.5) is 0 Å². The van der Waals surface area contributed by atoms with Gasteiger partial charge >= 0.3 is 0 Å². The predicted octanol–water partition coefficient (Wildman–Crippen LogP) is 2.38.